The van der Waals surface area contributed by atoms with Crippen molar-refractivity contribution in [3.05, 3.63) is 57.4 Å². The Morgan fingerprint density at radius 3 is 2.88 bits per heavy atom. The first kappa shape index (κ1) is 25.7. The second-order valence-electron chi connectivity index (χ2n) is 10.6. The molecule has 14 heteroatoms. The van der Waals surface area contributed by atoms with Gasteiger partial charge in [-0.3, -0.25) is 4.79 Å². The fourth-order valence-corrected chi connectivity index (χ4v) is 5.66. The van der Waals surface area contributed by atoms with Gasteiger partial charge in [-0.2, -0.15) is 4.98 Å². The maximum atomic E-state index is 15.0. The van der Waals surface area contributed by atoms with E-state index in [1.165, 1.54) is 17.1 Å². The third kappa shape index (κ3) is 4.44. The molecule has 5 heterocycles. The van der Waals surface area contributed by atoms with Crippen LogP contribution < -0.4 is 25.8 Å². The van der Waals surface area contributed by atoms with E-state index < -0.39 is 24.1 Å². The van der Waals surface area contributed by atoms with Crippen molar-refractivity contribution in [3.63, 3.8) is 0 Å². The zero-order valence-corrected chi connectivity index (χ0v) is 22.6. The van der Waals surface area contributed by atoms with Crippen LogP contribution in [0.4, 0.5) is 31.9 Å². The quantitative estimate of drug-likeness (QED) is 0.324. The second-order valence-corrected chi connectivity index (χ2v) is 11.0. The molecular formula is C27H25ClF2N8O3. The van der Waals surface area contributed by atoms with Crippen molar-refractivity contribution in [1.82, 2.24) is 24.5 Å². The minimum atomic E-state index is -3.13. The lowest BCUT2D eigenvalue weighted by Gasteiger charge is -2.28. The van der Waals surface area contributed by atoms with Gasteiger partial charge in [0.2, 0.25) is 17.6 Å². The summed E-state index contributed by atoms with van der Waals surface area (Å²) in [4.78, 5) is 32.1. The van der Waals surface area contributed by atoms with Crippen molar-refractivity contribution < 1.29 is 18.6 Å². The minimum absolute atomic E-state index is 0.0732. The Hall–Kier alpha value is -4.26. The van der Waals surface area contributed by atoms with Crippen LogP contribution >= 0.6 is 11.6 Å². The van der Waals surface area contributed by atoms with E-state index in [0.29, 0.717) is 66.3 Å². The molecule has 0 saturated heterocycles. The second kappa shape index (κ2) is 9.40. The van der Waals surface area contributed by atoms with Crippen molar-refractivity contribution in [2.45, 2.75) is 37.8 Å². The summed E-state index contributed by atoms with van der Waals surface area (Å²) in [6.07, 6.45) is 4.80. The van der Waals surface area contributed by atoms with E-state index in [1.54, 1.807) is 25.2 Å². The number of alkyl halides is 2. The fraction of sp³-hybridized carbons (Fsp3) is 0.370. The predicted molar refractivity (Wildman–Crippen MR) is 149 cm³/mol. The molecule has 7 rings (SSSR count). The molecule has 41 heavy (non-hydrogen) atoms. The molecule has 1 atom stereocenters. The van der Waals surface area contributed by atoms with Gasteiger partial charge in [0, 0.05) is 31.1 Å². The van der Waals surface area contributed by atoms with Crippen LogP contribution in [0.1, 0.15) is 24.1 Å². The van der Waals surface area contributed by atoms with E-state index in [9.17, 15) is 18.7 Å². The number of ether oxygens (including phenoxy) is 1. The number of nitrogens with zero attached hydrogens (tertiary/aromatic N) is 6. The average Bonchev–Trinajstić information content (AvgIpc) is 3.80. The smallest absolute Gasteiger partial charge is 0.301 e. The molecule has 1 aliphatic carbocycles. The molecule has 3 N–H and O–H groups in total. The molecule has 1 unspecified atom stereocenters. The zero-order valence-electron chi connectivity index (χ0n) is 21.9. The first-order valence-electron chi connectivity index (χ1n) is 13.2. The topological polar surface area (TPSA) is 130 Å². The molecule has 0 amide bonds. The molecule has 2 aliphatic heterocycles. The van der Waals surface area contributed by atoms with Crippen molar-refractivity contribution in [2.24, 2.45) is 13.0 Å². The van der Waals surface area contributed by atoms with Crippen LogP contribution in [-0.4, -0.2) is 54.7 Å². The van der Waals surface area contributed by atoms with Crippen LogP contribution in [0.15, 0.2) is 35.5 Å². The Labute approximate surface area is 237 Å². The lowest BCUT2D eigenvalue weighted by atomic mass is 10.0. The summed E-state index contributed by atoms with van der Waals surface area (Å²) in [6, 6.07) is 4.11. The van der Waals surface area contributed by atoms with Gasteiger partial charge in [-0.1, -0.05) is 11.6 Å². The van der Waals surface area contributed by atoms with Crippen LogP contribution in [0.5, 0.6) is 11.6 Å². The van der Waals surface area contributed by atoms with Gasteiger partial charge >= 0.3 is 5.92 Å². The fourth-order valence-electron chi connectivity index (χ4n) is 5.52. The molecular weight excluding hydrogens is 558 g/mol. The van der Waals surface area contributed by atoms with Gasteiger partial charge in [0.25, 0.3) is 5.56 Å². The summed E-state index contributed by atoms with van der Waals surface area (Å²) in [5.74, 6) is -2.79. The molecule has 0 spiro atoms. The Morgan fingerprint density at radius 1 is 1.24 bits per heavy atom. The molecule has 4 aromatic rings. The summed E-state index contributed by atoms with van der Waals surface area (Å²) < 4.78 is 36.8. The summed E-state index contributed by atoms with van der Waals surface area (Å²) in [5, 5.41) is 17.2. The zero-order chi connectivity index (χ0) is 28.5. The van der Waals surface area contributed by atoms with Crippen LogP contribution in [0, 0.1) is 5.92 Å². The van der Waals surface area contributed by atoms with E-state index in [0.717, 1.165) is 5.69 Å². The van der Waals surface area contributed by atoms with Gasteiger partial charge < -0.3 is 29.9 Å². The van der Waals surface area contributed by atoms with Crippen LogP contribution in [0.25, 0.3) is 10.9 Å². The number of pyridine rings is 1. The molecule has 3 aromatic heterocycles. The summed E-state index contributed by atoms with van der Waals surface area (Å²) in [7, 11) is 1.58. The van der Waals surface area contributed by atoms with Crippen LogP contribution in [0.3, 0.4) is 0 Å². The maximum Gasteiger partial charge on any atom is 0.301 e. The highest BCUT2D eigenvalue weighted by atomic mass is 35.5. The number of rotatable bonds is 4. The number of nitrogens with one attached hydrogen (secondary N) is 2. The third-order valence-corrected chi connectivity index (χ3v) is 8.14. The SMILES string of the molecule is Cn1c(=O)c2c(c3cc(Nc4nc(N5CCc6ncnc(O)c6C5)ncc4Cl)ccc31)NC(C1CC1)C(F)(F)CO2. The van der Waals surface area contributed by atoms with Gasteiger partial charge in [0.05, 0.1) is 41.2 Å². The first-order valence-corrected chi connectivity index (χ1v) is 13.6. The number of aromatic nitrogens is 5. The van der Waals surface area contributed by atoms with Gasteiger partial charge in [-0.05, 0) is 37.0 Å². The normalized spacial score (nSPS) is 19.5. The summed E-state index contributed by atoms with van der Waals surface area (Å²) in [6.45, 7) is 0.0495. The number of aromatic hydroxyl groups is 1. The standard InChI is InChI=1S/C27H25ClF2N8O3/c1-37-19-5-4-14(8-15(19)20-21(25(37)40)41-11-27(29,30)22(35-20)13-2-3-13)34-23-17(28)9-31-26(36-23)38-7-6-18-16(10-38)24(39)33-12-32-18/h4-5,8-9,12-13,22,35H,2-3,6-7,10-11H2,1H3,(H,31,34,36)(H,32,33,39). The van der Waals surface area contributed by atoms with Crippen molar-refractivity contribution in [3.8, 4) is 11.6 Å². The van der Waals surface area contributed by atoms with Crippen LogP contribution in [-0.2, 0) is 20.0 Å². The molecule has 212 valence electrons. The molecule has 0 bridgehead atoms. The lowest BCUT2D eigenvalue weighted by molar-refractivity contribution is -0.0579. The highest BCUT2D eigenvalue weighted by Crippen LogP contribution is 2.45. The number of aryl methyl sites for hydroxylation is 1. The van der Waals surface area contributed by atoms with E-state index in [1.807, 2.05) is 4.90 Å². The Kier molecular flexibility index (Phi) is 5.89. The van der Waals surface area contributed by atoms with Crippen LogP contribution in [0.2, 0.25) is 5.02 Å². The van der Waals surface area contributed by atoms with Gasteiger partial charge in [-0.25, -0.2) is 23.7 Å². The monoisotopic (exact) mass is 582 g/mol. The largest absolute Gasteiger partial charge is 0.493 e. The molecule has 1 aromatic carbocycles. The Morgan fingerprint density at radius 2 is 2.07 bits per heavy atom. The molecule has 1 fully saturated rings. The van der Waals surface area contributed by atoms with E-state index >= 15 is 0 Å². The average molecular weight is 583 g/mol. The molecule has 0 radical (unpaired) electrons. The van der Waals surface area contributed by atoms with Gasteiger partial charge in [0.1, 0.15) is 11.3 Å². The maximum absolute atomic E-state index is 15.0. The van der Waals surface area contributed by atoms with E-state index in [-0.39, 0.29) is 28.3 Å². The summed E-state index contributed by atoms with van der Waals surface area (Å²) in [5.41, 5.74) is 2.29. The number of benzene rings is 1. The molecule has 11 nitrogen and oxygen atoms in total. The van der Waals surface area contributed by atoms with Gasteiger partial charge in [-0.15, -0.1) is 0 Å². The highest BCUT2D eigenvalue weighted by molar-refractivity contribution is 6.33. The number of hydrogen-bond donors (Lipinski definition) is 3. The van der Waals surface area contributed by atoms with E-state index in [4.69, 9.17) is 16.3 Å². The number of halogens is 3. The van der Waals surface area contributed by atoms with Crippen molar-refractivity contribution >= 4 is 45.6 Å². The number of hydrogen-bond acceptors (Lipinski definition) is 10. The number of anilines is 4. The first-order chi connectivity index (χ1) is 19.7. The van der Waals surface area contributed by atoms with Gasteiger partial charge in [0.15, 0.2) is 12.4 Å². The molecule has 3 aliphatic rings. The number of fused-ring (bicyclic) bond motifs is 4. The Bertz CT molecular complexity index is 1760. The third-order valence-electron chi connectivity index (χ3n) is 7.87. The highest BCUT2D eigenvalue weighted by Gasteiger charge is 2.51. The van der Waals surface area contributed by atoms with E-state index in [2.05, 4.69) is 30.6 Å². The predicted octanol–water partition coefficient (Wildman–Crippen LogP) is 4.00. The lowest BCUT2D eigenvalue weighted by Crippen LogP contribution is -2.44. The van der Waals surface area contributed by atoms with Crippen molar-refractivity contribution in [1.29, 1.82) is 0 Å². The molecule has 1 saturated carbocycles. The summed E-state index contributed by atoms with van der Waals surface area (Å²) >= 11 is 6.46. The minimum Gasteiger partial charge on any atom is -0.493 e. The van der Waals surface area contributed by atoms with Crippen molar-refractivity contribution in [2.75, 3.05) is 28.7 Å². The Balaban J connectivity index is 1.24.